The summed E-state index contributed by atoms with van der Waals surface area (Å²) >= 11 is 0. The number of amides is 1. The maximum absolute atomic E-state index is 12.1. The lowest BCUT2D eigenvalue weighted by atomic mass is 10.2. The number of rotatable bonds is 6. The molecule has 0 aromatic heterocycles. The van der Waals surface area contributed by atoms with E-state index in [-0.39, 0.29) is 17.2 Å². The van der Waals surface area contributed by atoms with E-state index in [0.717, 1.165) is 0 Å². The van der Waals surface area contributed by atoms with Gasteiger partial charge in [-0.05, 0) is 18.1 Å². The summed E-state index contributed by atoms with van der Waals surface area (Å²) < 4.78 is 28.5. The number of hydrogen-bond acceptors (Lipinski definition) is 3. The van der Waals surface area contributed by atoms with Crippen LogP contribution in [0.1, 0.15) is 24.2 Å². The zero-order chi connectivity index (χ0) is 13.5. The standard InChI is InChI=1S/C12H15F2NO3/c1-8(2)7-17-15-11(16)9-5-3-4-6-10(9)18-12(13)14/h3-6,8,12H,7H2,1-2H3,(H,15,16). The minimum Gasteiger partial charge on any atom is -0.434 e. The highest BCUT2D eigenvalue weighted by molar-refractivity contribution is 5.96. The Morgan fingerprint density at radius 1 is 1.33 bits per heavy atom. The molecule has 18 heavy (non-hydrogen) atoms. The van der Waals surface area contributed by atoms with E-state index in [0.29, 0.717) is 6.61 Å². The van der Waals surface area contributed by atoms with Crippen LogP contribution in [0, 0.1) is 5.92 Å². The number of benzene rings is 1. The third-order valence-electron chi connectivity index (χ3n) is 1.93. The first kappa shape index (κ1) is 14.4. The molecule has 1 amide bonds. The molecule has 0 heterocycles. The Morgan fingerprint density at radius 3 is 2.61 bits per heavy atom. The molecule has 4 nitrogen and oxygen atoms in total. The molecule has 0 radical (unpaired) electrons. The lowest BCUT2D eigenvalue weighted by Gasteiger charge is -2.11. The molecular weight excluding hydrogens is 244 g/mol. The average molecular weight is 259 g/mol. The van der Waals surface area contributed by atoms with Gasteiger partial charge in [-0.15, -0.1) is 0 Å². The van der Waals surface area contributed by atoms with Gasteiger partial charge in [-0.1, -0.05) is 26.0 Å². The van der Waals surface area contributed by atoms with Crippen LogP contribution in [0.15, 0.2) is 24.3 Å². The smallest absolute Gasteiger partial charge is 0.387 e. The molecule has 6 heteroatoms. The van der Waals surface area contributed by atoms with Gasteiger partial charge >= 0.3 is 6.61 Å². The molecule has 0 unspecified atom stereocenters. The molecule has 0 bridgehead atoms. The van der Waals surface area contributed by atoms with E-state index >= 15 is 0 Å². The molecule has 0 fully saturated rings. The van der Waals surface area contributed by atoms with Crippen molar-refractivity contribution < 1.29 is 23.1 Å². The van der Waals surface area contributed by atoms with Crippen LogP contribution < -0.4 is 10.2 Å². The van der Waals surface area contributed by atoms with Gasteiger partial charge in [0.05, 0.1) is 12.2 Å². The van der Waals surface area contributed by atoms with Gasteiger partial charge in [0.2, 0.25) is 0 Å². The first-order valence-electron chi connectivity index (χ1n) is 5.46. The van der Waals surface area contributed by atoms with Crippen LogP contribution in [0.5, 0.6) is 5.75 Å². The fourth-order valence-electron chi connectivity index (χ4n) is 1.18. The van der Waals surface area contributed by atoms with Crippen LogP contribution in [-0.4, -0.2) is 19.1 Å². The zero-order valence-corrected chi connectivity index (χ0v) is 10.2. The summed E-state index contributed by atoms with van der Waals surface area (Å²) in [5.74, 6) is -0.553. The lowest BCUT2D eigenvalue weighted by molar-refractivity contribution is -0.0504. The van der Waals surface area contributed by atoms with Gasteiger partial charge in [-0.25, -0.2) is 5.48 Å². The second-order valence-electron chi connectivity index (χ2n) is 4.01. The fraction of sp³-hybridized carbons (Fsp3) is 0.417. The summed E-state index contributed by atoms with van der Waals surface area (Å²) in [6, 6.07) is 5.73. The van der Waals surface area contributed by atoms with Gasteiger partial charge in [0.1, 0.15) is 5.75 Å². The first-order valence-corrected chi connectivity index (χ1v) is 5.46. The van der Waals surface area contributed by atoms with E-state index in [1.165, 1.54) is 18.2 Å². The molecule has 1 aromatic rings. The molecule has 0 spiro atoms. The van der Waals surface area contributed by atoms with E-state index in [9.17, 15) is 13.6 Å². The molecule has 0 atom stereocenters. The molecule has 0 saturated heterocycles. The predicted molar refractivity (Wildman–Crippen MR) is 61.3 cm³/mol. The van der Waals surface area contributed by atoms with E-state index in [1.54, 1.807) is 6.07 Å². The molecule has 1 N–H and O–H groups in total. The largest absolute Gasteiger partial charge is 0.434 e. The summed E-state index contributed by atoms with van der Waals surface area (Å²) in [5.41, 5.74) is 2.18. The molecule has 100 valence electrons. The number of carbonyl (C=O) groups excluding carboxylic acids is 1. The normalized spacial score (nSPS) is 10.8. The summed E-state index contributed by atoms with van der Waals surface area (Å²) in [5, 5.41) is 0. The maximum atomic E-state index is 12.1. The van der Waals surface area contributed by atoms with Gasteiger partial charge in [0.15, 0.2) is 0 Å². The van der Waals surface area contributed by atoms with Crippen LogP contribution in [-0.2, 0) is 4.84 Å². The number of halogens is 2. The number of para-hydroxylation sites is 1. The van der Waals surface area contributed by atoms with Crippen molar-refractivity contribution in [2.24, 2.45) is 5.92 Å². The highest BCUT2D eigenvalue weighted by Gasteiger charge is 2.15. The van der Waals surface area contributed by atoms with Crippen LogP contribution >= 0.6 is 0 Å². The first-order chi connectivity index (χ1) is 8.50. The molecule has 1 rings (SSSR count). The topological polar surface area (TPSA) is 47.6 Å². The van der Waals surface area contributed by atoms with Crippen molar-refractivity contribution in [2.75, 3.05) is 6.61 Å². The molecule has 0 aliphatic carbocycles. The third-order valence-corrected chi connectivity index (χ3v) is 1.93. The number of carbonyl (C=O) groups is 1. The van der Waals surface area contributed by atoms with Gasteiger partial charge in [-0.2, -0.15) is 8.78 Å². The highest BCUT2D eigenvalue weighted by Crippen LogP contribution is 2.19. The molecule has 0 aliphatic heterocycles. The Hall–Kier alpha value is -1.69. The number of alkyl halides is 2. The highest BCUT2D eigenvalue weighted by atomic mass is 19.3. The summed E-state index contributed by atoms with van der Waals surface area (Å²) in [6.45, 7) is 1.19. The van der Waals surface area contributed by atoms with Crippen molar-refractivity contribution in [3.8, 4) is 5.75 Å². The van der Waals surface area contributed by atoms with Gasteiger partial charge in [-0.3, -0.25) is 9.63 Å². The Balaban J connectivity index is 2.66. The number of hydrogen-bond donors (Lipinski definition) is 1. The second-order valence-corrected chi connectivity index (χ2v) is 4.01. The van der Waals surface area contributed by atoms with Crippen molar-refractivity contribution in [3.63, 3.8) is 0 Å². The Kier molecular flexibility index (Phi) is 5.51. The van der Waals surface area contributed by atoms with E-state index < -0.39 is 12.5 Å². The quantitative estimate of drug-likeness (QED) is 0.799. The van der Waals surface area contributed by atoms with Crippen molar-refractivity contribution in [3.05, 3.63) is 29.8 Å². The average Bonchev–Trinajstić information content (AvgIpc) is 2.28. The fourth-order valence-corrected chi connectivity index (χ4v) is 1.18. The van der Waals surface area contributed by atoms with E-state index in [1.807, 2.05) is 13.8 Å². The van der Waals surface area contributed by atoms with Crippen molar-refractivity contribution in [2.45, 2.75) is 20.5 Å². The van der Waals surface area contributed by atoms with Gasteiger partial charge in [0.25, 0.3) is 5.91 Å². The van der Waals surface area contributed by atoms with Crippen molar-refractivity contribution in [1.29, 1.82) is 0 Å². The van der Waals surface area contributed by atoms with E-state index in [4.69, 9.17) is 4.84 Å². The van der Waals surface area contributed by atoms with Crippen molar-refractivity contribution >= 4 is 5.91 Å². The predicted octanol–water partition coefficient (Wildman–Crippen LogP) is 2.61. The summed E-state index contributed by atoms with van der Waals surface area (Å²) in [4.78, 5) is 16.6. The Labute approximate surface area is 104 Å². The minimum absolute atomic E-state index is 0.00144. The molecule has 0 aliphatic rings. The van der Waals surface area contributed by atoms with Gasteiger partial charge in [0, 0.05) is 0 Å². The molecule has 0 saturated carbocycles. The third kappa shape index (κ3) is 4.67. The lowest BCUT2D eigenvalue weighted by Crippen LogP contribution is -2.26. The van der Waals surface area contributed by atoms with Crippen LogP contribution in [0.3, 0.4) is 0 Å². The van der Waals surface area contributed by atoms with Crippen LogP contribution in [0.25, 0.3) is 0 Å². The number of ether oxygens (including phenoxy) is 1. The monoisotopic (exact) mass is 259 g/mol. The zero-order valence-electron chi connectivity index (χ0n) is 10.2. The number of nitrogens with one attached hydrogen (secondary N) is 1. The molecular formula is C12H15F2NO3. The van der Waals surface area contributed by atoms with Gasteiger partial charge < -0.3 is 4.74 Å². The minimum atomic E-state index is -2.98. The van der Waals surface area contributed by atoms with Crippen LogP contribution in [0.4, 0.5) is 8.78 Å². The second kappa shape index (κ2) is 6.90. The summed E-state index contributed by atoms with van der Waals surface area (Å²) in [7, 11) is 0. The summed E-state index contributed by atoms with van der Waals surface area (Å²) in [6.07, 6.45) is 0. The van der Waals surface area contributed by atoms with Crippen LogP contribution in [0.2, 0.25) is 0 Å². The maximum Gasteiger partial charge on any atom is 0.387 e. The van der Waals surface area contributed by atoms with Crippen molar-refractivity contribution in [1.82, 2.24) is 5.48 Å². The Bertz CT molecular complexity index is 397. The SMILES string of the molecule is CC(C)CONC(=O)c1ccccc1OC(F)F. The molecule has 1 aromatic carbocycles. The number of hydroxylamine groups is 1. The van der Waals surface area contributed by atoms with E-state index in [2.05, 4.69) is 10.2 Å². The Morgan fingerprint density at radius 2 is 2.00 bits per heavy atom.